The summed E-state index contributed by atoms with van der Waals surface area (Å²) in [5, 5.41) is 2.92. The molecule has 0 aliphatic heterocycles. The van der Waals surface area contributed by atoms with E-state index in [4.69, 9.17) is 5.73 Å². The number of hydrogen-bond acceptors (Lipinski definition) is 2. The number of benzene rings is 1. The molecule has 0 aromatic heterocycles. The molecule has 1 fully saturated rings. The second-order valence-corrected chi connectivity index (χ2v) is 4.40. The average Bonchev–Trinajstić information content (AvgIpc) is 2.77. The molecule has 2 atom stereocenters. The van der Waals surface area contributed by atoms with Gasteiger partial charge in [-0.05, 0) is 37.4 Å². The first-order valence-electron chi connectivity index (χ1n) is 5.73. The fourth-order valence-electron chi connectivity index (χ4n) is 2.35. The van der Waals surface area contributed by atoms with Crippen LogP contribution in [0.25, 0.3) is 0 Å². The fourth-order valence-corrected chi connectivity index (χ4v) is 2.35. The second-order valence-electron chi connectivity index (χ2n) is 4.40. The van der Waals surface area contributed by atoms with Crippen molar-refractivity contribution in [3.63, 3.8) is 0 Å². The number of halogens is 3. The molecule has 1 saturated carbocycles. The highest BCUT2D eigenvalue weighted by Gasteiger charge is 2.27. The molecule has 0 saturated heterocycles. The third-order valence-electron chi connectivity index (χ3n) is 3.34. The zero-order chi connectivity index (χ0) is 12.4. The van der Waals surface area contributed by atoms with E-state index in [-0.39, 0.29) is 17.6 Å². The van der Waals surface area contributed by atoms with E-state index in [1.165, 1.54) is 6.07 Å². The standard InChI is InChI=1S/C12H15F3N2/c13-8-4-5-10(12(15)11(8)14)17-9-3-1-2-7(9)6-16/h4-5,7,9,17H,1-3,6,16H2. The van der Waals surface area contributed by atoms with Crippen LogP contribution >= 0.6 is 0 Å². The Kier molecular flexibility index (Phi) is 3.57. The molecular weight excluding hydrogens is 229 g/mol. The second kappa shape index (κ2) is 4.96. The molecule has 0 spiro atoms. The molecule has 0 heterocycles. The normalized spacial score (nSPS) is 24.0. The zero-order valence-corrected chi connectivity index (χ0v) is 9.35. The Hall–Kier alpha value is -1.23. The summed E-state index contributed by atoms with van der Waals surface area (Å²) in [4.78, 5) is 0. The van der Waals surface area contributed by atoms with E-state index in [0.717, 1.165) is 25.3 Å². The van der Waals surface area contributed by atoms with E-state index >= 15 is 0 Å². The average molecular weight is 244 g/mol. The van der Waals surface area contributed by atoms with E-state index in [1.807, 2.05) is 0 Å². The molecule has 0 amide bonds. The van der Waals surface area contributed by atoms with Crippen LogP contribution in [0.3, 0.4) is 0 Å². The van der Waals surface area contributed by atoms with Crippen molar-refractivity contribution in [2.45, 2.75) is 25.3 Å². The van der Waals surface area contributed by atoms with Crippen LogP contribution < -0.4 is 11.1 Å². The topological polar surface area (TPSA) is 38.0 Å². The number of anilines is 1. The maximum atomic E-state index is 13.4. The zero-order valence-electron chi connectivity index (χ0n) is 9.35. The molecule has 1 aliphatic carbocycles. The smallest absolute Gasteiger partial charge is 0.196 e. The van der Waals surface area contributed by atoms with Crippen LogP contribution in [-0.2, 0) is 0 Å². The minimum absolute atomic E-state index is 0.00856. The van der Waals surface area contributed by atoms with Gasteiger partial charge in [0.1, 0.15) is 0 Å². The van der Waals surface area contributed by atoms with Gasteiger partial charge in [0.05, 0.1) is 5.69 Å². The van der Waals surface area contributed by atoms with Gasteiger partial charge in [-0.15, -0.1) is 0 Å². The van der Waals surface area contributed by atoms with Gasteiger partial charge in [-0.1, -0.05) is 6.42 Å². The largest absolute Gasteiger partial charge is 0.380 e. The highest BCUT2D eigenvalue weighted by atomic mass is 19.2. The van der Waals surface area contributed by atoms with Crippen LogP contribution in [0.15, 0.2) is 12.1 Å². The molecule has 1 aliphatic rings. The highest BCUT2D eigenvalue weighted by Crippen LogP contribution is 2.29. The maximum absolute atomic E-state index is 13.4. The molecule has 1 aromatic carbocycles. The first kappa shape index (κ1) is 12.2. The Labute approximate surface area is 98.0 Å². The van der Waals surface area contributed by atoms with Gasteiger partial charge in [0.2, 0.25) is 0 Å². The van der Waals surface area contributed by atoms with Crippen LogP contribution in [0.4, 0.5) is 18.9 Å². The molecule has 17 heavy (non-hydrogen) atoms. The summed E-state index contributed by atoms with van der Waals surface area (Å²) in [6.07, 6.45) is 2.88. The van der Waals surface area contributed by atoms with Gasteiger partial charge >= 0.3 is 0 Å². The quantitative estimate of drug-likeness (QED) is 0.802. The number of nitrogens with one attached hydrogen (secondary N) is 1. The summed E-state index contributed by atoms with van der Waals surface area (Å²) >= 11 is 0. The van der Waals surface area contributed by atoms with Gasteiger partial charge in [0, 0.05) is 6.04 Å². The molecule has 2 rings (SSSR count). The van der Waals surface area contributed by atoms with E-state index in [9.17, 15) is 13.2 Å². The van der Waals surface area contributed by atoms with Gasteiger partial charge in [0.15, 0.2) is 17.5 Å². The fraction of sp³-hybridized carbons (Fsp3) is 0.500. The number of rotatable bonds is 3. The summed E-state index contributed by atoms with van der Waals surface area (Å²) < 4.78 is 39.2. The molecule has 2 unspecified atom stereocenters. The molecule has 0 bridgehead atoms. The van der Waals surface area contributed by atoms with Crippen molar-refractivity contribution < 1.29 is 13.2 Å². The molecule has 3 N–H and O–H groups in total. The van der Waals surface area contributed by atoms with Crippen molar-refractivity contribution in [3.8, 4) is 0 Å². The van der Waals surface area contributed by atoms with Crippen molar-refractivity contribution in [1.82, 2.24) is 0 Å². The molecule has 5 heteroatoms. The van der Waals surface area contributed by atoms with Gasteiger partial charge < -0.3 is 11.1 Å². The van der Waals surface area contributed by atoms with Crippen LogP contribution in [0.2, 0.25) is 0 Å². The Morgan fingerprint density at radius 1 is 1.18 bits per heavy atom. The number of hydrogen-bond donors (Lipinski definition) is 2. The molecule has 1 aromatic rings. The third-order valence-corrected chi connectivity index (χ3v) is 3.34. The van der Waals surface area contributed by atoms with E-state index in [0.29, 0.717) is 6.54 Å². The van der Waals surface area contributed by atoms with E-state index < -0.39 is 17.5 Å². The summed E-state index contributed by atoms with van der Waals surface area (Å²) in [6.45, 7) is 0.517. The van der Waals surface area contributed by atoms with Crippen LogP contribution in [0, 0.1) is 23.4 Å². The van der Waals surface area contributed by atoms with Gasteiger partial charge in [-0.3, -0.25) is 0 Å². The van der Waals surface area contributed by atoms with Gasteiger partial charge in [0.25, 0.3) is 0 Å². The maximum Gasteiger partial charge on any atom is 0.196 e. The monoisotopic (exact) mass is 244 g/mol. The Balaban J connectivity index is 2.16. The highest BCUT2D eigenvalue weighted by molar-refractivity contribution is 5.46. The predicted octanol–water partition coefficient (Wildman–Crippen LogP) is 2.64. The lowest BCUT2D eigenvalue weighted by Crippen LogP contribution is -2.29. The Bertz CT molecular complexity index is 409. The Morgan fingerprint density at radius 3 is 2.65 bits per heavy atom. The summed E-state index contributed by atoms with van der Waals surface area (Å²) in [7, 11) is 0. The van der Waals surface area contributed by atoms with Crippen LogP contribution in [0.5, 0.6) is 0 Å². The summed E-state index contributed by atoms with van der Waals surface area (Å²) in [5.41, 5.74) is 5.61. The van der Waals surface area contributed by atoms with Crippen molar-refractivity contribution in [2.24, 2.45) is 11.7 Å². The molecular formula is C12H15F3N2. The van der Waals surface area contributed by atoms with Crippen molar-refractivity contribution in [1.29, 1.82) is 0 Å². The van der Waals surface area contributed by atoms with E-state index in [1.54, 1.807) is 0 Å². The predicted molar refractivity (Wildman–Crippen MR) is 60.1 cm³/mol. The van der Waals surface area contributed by atoms with Gasteiger partial charge in [-0.25, -0.2) is 13.2 Å². The Morgan fingerprint density at radius 2 is 1.94 bits per heavy atom. The lowest BCUT2D eigenvalue weighted by atomic mass is 10.0. The summed E-state index contributed by atoms with van der Waals surface area (Å²) in [5.74, 6) is -3.50. The first-order valence-corrected chi connectivity index (χ1v) is 5.73. The first-order chi connectivity index (χ1) is 8.13. The third kappa shape index (κ3) is 2.39. The summed E-state index contributed by atoms with van der Waals surface area (Å²) in [6, 6.07) is 2.19. The van der Waals surface area contributed by atoms with Crippen molar-refractivity contribution >= 4 is 5.69 Å². The molecule has 2 nitrogen and oxygen atoms in total. The van der Waals surface area contributed by atoms with Crippen LogP contribution in [-0.4, -0.2) is 12.6 Å². The lowest BCUT2D eigenvalue weighted by molar-refractivity contribution is 0.446. The minimum atomic E-state index is -1.43. The molecule has 94 valence electrons. The lowest BCUT2D eigenvalue weighted by Gasteiger charge is -2.21. The minimum Gasteiger partial charge on any atom is -0.380 e. The molecule has 0 radical (unpaired) electrons. The van der Waals surface area contributed by atoms with Gasteiger partial charge in [-0.2, -0.15) is 0 Å². The van der Waals surface area contributed by atoms with Crippen LogP contribution in [0.1, 0.15) is 19.3 Å². The van der Waals surface area contributed by atoms with E-state index in [2.05, 4.69) is 5.32 Å². The SMILES string of the molecule is NCC1CCCC1Nc1ccc(F)c(F)c1F. The number of nitrogens with two attached hydrogens (primary N) is 1. The van der Waals surface area contributed by atoms with Crippen molar-refractivity contribution in [2.75, 3.05) is 11.9 Å². The van der Waals surface area contributed by atoms with Crippen molar-refractivity contribution in [3.05, 3.63) is 29.6 Å².